The minimum Gasteiger partial charge on any atom is -0.478 e. The van der Waals surface area contributed by atoms with E-state index in [4.69, 9.17) is 5.11 Å². The molecule has 0 bridgehead atoms. The number of carbonyl (C=O) groups is 2. The van der Waals surface area contributed by atoms with Crippen molar-refractivity contribution in [2.75, 3.05) is 5.32 Å². The van der Waals surface area contributed by atoms with E-state index >= 15 is 0 Å². The van der Waals surface area contributed by atoms with Crippen molar-refractivity contribution in [3.63, 3.8) is 0 Å². The maximum absolute atomic E-state index is 13.3. The standard InChI is InChI=1S/C13H11FN2O3/c14-10-3-1-2-4-11(10)15-12(17)8-16-6-5-9(7-16)13(18)19/h1-7H,8H2,(H,15,17)(H,18,19). The van der Waals surface area contributed by atoms with Crippen molar-refractivity contribution in [3.8, 4) is 0 Å². The molecule has 0 aliphatic rings. The van der Waals surface area contributed by atoms with Crippen LogP contribution >= 0.6 is 0 Å². The molecule has 98 valence electrons. The van der Waals surface area contributed by atoms with Crippen LogP contribution in [-0.4, -0.2) is 21.6 Å². The van der Waals surface area contributed by atoms with Gasteiger partial charge >= 0.3 is 5.97 Å². The predicted molar refractivity (Wildman–Crippen MR) is 66.4 cm³/mol. The molecule has 1 amide bonds. The quantitative estimate of drug-likeness (QED) is 0.884. The summed E-state index contributed by atoms with van der Waals surface area (Å²) in [5.74, 6) is -2.01. The average molecular weight is 262 g/mol. The van der Waals surface area contributed by atoms with Crippen molar-refractivity contribution >= 4 is 17.6 Å². The van der Waals surface area contributed by atoms with E-state index in [1.54, 1.807) is 6.07 Å². The van der Waals surface area contributed by atoms with Gasteiger partial charge < -0.3 is 15.0 Å². The summed E-state index contributed by atoms with van der Waals surface area (Å²) in [6.07, 6.45) is 2.81. The molecule has 1 aromatic heterocycles. The fourth-order valence-electron chi connectivity index (χ4n) is 1.58. The van der Waals surface area contributed by atoms with Gasteiger partial charge in [0.1, 0.15) is 12.4 Å². The highest BCUT2D eigenvalue weighted by molar-refractivity contribution is 5.91. The molecule has 0 fully saturated rings. The Kier molecular flexibility index (Phi) is 3.61. The van der Waals surface area contributed by atoms with Crippen LogP contribution in [0, 0.1) is 5.82 Å². The molecule has 2 rings (SSSR count). The number of amides is 1. The lowest BCUT2D eigenvalue weighted by atomic mass is 10.3. The number of carboxylic acids is 1. The van der Waals surface area contributed by atoms with E-state index in [0.717, 1.165) is 0 Å². The Morgan fingerprint density at radius 2 is 2.00 bits per heavy atom. The van der Waals surface area contributed by atoms with E-state index in [-0.39, 0.29) is 17.8 Å². The summed E-state index contributed by atoms with van der Waals surface area (Å²) < 4.78 is 14.7. The number of aromatic carboxylic acids is 1. The van der Waals surface area contributed by atoms with Gasteiger partial charge in [-0.1, -0.05) is 12.1 Å². The summed E-state index contributed by atoms with van der Waals surface area (Å²) in [6.45, 7) is -0.0817. The number of nitrogens with one attached hydrogen (secondary N) is 1. The van der Waals surface area contributed by atoms with Gasteiger partial charge in [-0.05, 0) is 18.2 Å². The number of hydrogen-bond donors (Lipinski definition) is 2. The molecule has 0 aliphatic heterocycles. The zero-order valence-corrected chi connectivity index (χ0v) is 9.84. The van der Waals surface area contributed by atoms with Gasteiger partial charge in [0.25, 0.3) is 0 Å². The van der Waals surface area contributed by atoms with Gasteiger partial charge in [0.05, 0.1) is 11.3 Å². The van der Waals surface area contributed by atoms with Crippen molar-refractivity contribution in [1.29, 1.82) is 0 Å². The minimum atomic E-state index is -1.06. The van der Waals surface area contributed by atoms with Gasteiger partial charge in [-0.15, -0.1) is 0 Å². The summed E-state index contributed by atoms with van der Waals surface area (Å²) in [7, 11) is 0. The zero-order valence-electron chi connectivity index (χ0n) is 9.84. The van der Waals surface area contributed by atoms with E-state index < -0.39 is 17.7 Å². The van der Waals surface area contributed by atoms with Crippen LogP contribution in [0.25, 0.3) is 0 Å². The van der Waals surface area contributed by atoms with Gasteiger partial charge in [-0.2, -0.15) is 0 Å². The van der Waals surface area contributed by atoms with Crippen molar-refractivity contribution < 1.29 is 19.1 Å². The summed E-state index contributed by atoms with van der Waals surface area (Å²) in [6, 6.07) is 7.21. The van der Waals surface area contributed by atoms with E-state index in [1.165, 1.54) is 41.2 Å². The lowest BCUT2D eigenvalue weighted by molar-refractivity contribution is -0.116. The van der Waals surface area contributed by atoms with Crippen LogP contribution in [0.1, 0.15) is 10.4 Å². The topological polar surface area (TPSA) is 71.3 Å². The summed E-state index contributed by atoms with van der Waals surface area (Å²) in [4.78, 5) is 22.3. The highest BCUT2D eigenvalue weighted by atomic mass is 19.1. The van der Waals surface area contributed by atoms with Crippen LogP contribution in [0.2, 0.25) is 0 Å². The molecule has 1 aromatic carbocycles. The van der Waals surface area contributed by atoms with Crippen molar-refractivity contribution in [1.82, 2.24) is 4.57 Å². The normalized spacial score (nSPS) is 10.2. The van der Waals surface area contributed by atoms with E-state index in [2.05, 4.69) is 5.32 Å². The van der Waals surface area contributed by atoms with Gasteiger partial charge in [0.2, 0.25) is 5.91 Å². The number of aromatic nitrogens is 1. The lowest BCUT2D eigenvalue weighted by Gasteiger charge is -2.06. The SMILES string of the molecule is O=C(Cn1ccc(C(=O)O)c1)Nc1ccccc1F. The van der Waals surface area contributed by atoms with Crippen LogP contribution in [0.15, 0.2) is 42.7 Å². The Labute approximate surface area is 108 Å². The monoisotopic (exact) mass is 262 g/mol. The molecule has 6 heteroatoms. The van der Waals surface area contributed by atoms with Crippen LogP contribution < -0.4 is 5.32 Å². The van der Waals surface area contributed by atoms with Crippen LogP contribution in [0.4, 0.5) is 10.1 Å². The Morgan fingerprint density at radius 3 is 2.63 bits per heavy atom. The predicted octanol–water partition coefficient (Wildman–Crippen LogP) is 1.96. The third-order valence-electron chi connectivity index (χ3n) is 2.47. The van der Waals surface area contributed by atoms with E-state index in [0.29, 0.717) is 0 Å². The van der Waals surface area contributed by atoms with Crippen molar-refractivity contribution in [3.05, 3.63) is 54.1 Å². The molecule has 2 aromatic rings. The zero-order chi connectivity index (χ0) is 13.8. The molecule has 0 spiro atoms. The van der Waals surface area contributed by atoms with Crippen LogP contribution in [0.3, 0.4) is 0 Å². The Hall–Kier alpha value is -2.63. The number of nitrogens with zero attached hydrogens (tertiary/aromatic N) is 1. The minimum absolute atomic E-state index is 0.0817. The third kappa shape index (κ3) is 3.19. The summed E-state index contributed by atoms with van der Waals surface area (Å²) in [5.41, 5.74) is 0.191. The molecule has 1 heterocycles. The second-order valence-corrected chi connectivity index (χ2v) is 3.91. The van der Waals surface area contributed by atoms with E-state index in [1.807, 2.05) is 0 Å². The number of anilines is 1. The van der Waals surface area contributed by atoms with Crippen molar-refractivity contribution in [2.24, 2.45) is 0 Å². The molecule has 0 aliphatic carbocycles. The number of rotatable bonds is 4. The molecule has 0 radical (unpaired) electrons. The van der Waals surface area contributed by atoms with Gasteiger partial charge in [0, 0.05) is 12.4 Å². The second-order valence-electron chi connectivity index (χ2n) is 3.91. The molecule has 0 unspecified atom stereocenters. The Balaban J connectivity index is 2.01. The number of halogens is 1. The number of carboxylic acid groups (broad SMARTS) is 1. The van der Waals surface area contributed by atoms with Crippen molar-refractivity contribution in [2.45, 2.75) is 6.54 Å². The van der Waals surface area contributed by atoms with Gasteiger partial charge in [-0.3, -0.25) is 4.79 Å². The summed E-state index contributed by atoms with van der Waals surface area (Å²) >= 11 is 0. The third-order valence-corrected chi connectivity index (χ3v) is 2.47. The molecule has 2 N–H and O–H groups in total. The van der Waals surface area contributed by atoms with Crippen LogP contribution in [-0.2, 0) is 11.3 Å². The molecule has 0 atom stereocenters. The largest absolute Gasteiger partial charge is 0.478 e. The number of carbonyl (C=O) groups excluding carboxylic acids is 1. The van der Waals surface area contributed by atoms with Crippen LogP contribution in [0.5, 0.6) is 0 Å². The fourth-order valence-corrected chi connectivity index (χ4v) is 1.58. The average Bonchev–Trinajstić information content (AvgIpc) is 2.80. The maximum Gasteiger partial charge on any atom is 0.337 e. The first-order valence-corrected chi connectivity index (χ1v) is 5.50. The maximum atomic E-state index is 13.3. The first-order chi connectivity index (χ1) is 9.06. The molecule has 0 saturated heterocycles. The smallest absolute Gasteiger partial charge is 0.337 e. The first-order valence-electron chi connectivity index (χ1n) is 5.50. The highest BCUT2D eigenvalue weighted by Crippen LogP contribution is 2.12. The number of benzene rings is 1. The molecule has 0 saturated carbocycles. The summed E-state index contributed by atoms with van der Waals surface area (Å²) in [5, 5.41) is 11.2. The first kappa shape index (κ1) is 12.8. The molecular formula is C13H11FN2O3. The van der Waals surface area contributed by atoms with Gasteiger partial charge in [0.15, 0.2) is 0 Å². The number of hydrogen-bond acceptors (Lipinski definition) is 2. The van der Waals surface area contributed by atoms with E-state index in [9.17, 15) is 14.0 Å². The molecule has 19 heavy (non-hydrogen) atoms. The highest BCUT2D eigenvalue weighted by Gasteiger charge is 2.09. The Morgan fingerprint density at radius 1 is 1.26 bits per heavy atom. The second kappa shape index (κ2) is 5.34. The lowest BCUT2D eigenvalue weighted by Crippen LogP contribution is -2.18. The molecule has 5 nitrogen and oxygen atoms in total. The van der Waals surface area contributed by atoms with Gasteiger partial charge in [-0.25, -0.2) is 9.18 Å². The fraction of sp³-hybridized carbons (Fsp3) is 0.0769. The molecular weight excluding hydrogens is 251 g/mol. The number of para-hydroxylation sites is 1. The Bertz CT molecular complexity index is 622.